The first-order valence-corrected chi connectivity index (χ1v) is 10.5. The van der Waals surface area contributed by atoms with E-state index >= 15 is 0 Å². The summed E-state index contributed by atoms with van der Waals surface area (Å²) in [6.07, 6.45) is 1.93. The van der Waals surface area contributed by atoms with Crippen LogP contribution >= 0.6 is 11.3 Å². The van der Waals surface area contributed by atoms with E-state index in [4.69, 9.17) is 4.74 Å². The number of carbonyl (C=O) groups excluding carboxylic acids is 2. The molecule has 150 valence electrons. The summed E-state index contributed by atoms with van der Waals surface area (Å²) < 4.78 is 6.44. The van der Waals surface area contributed by atoms with Crippen molar-refractivity contribution in [3.8, 4) is 0 Å². The van der Waals surface area contributed by atoms with Crippen LogP contribution in [0.4, 0.5) is 16.4 Å². The lowest BCUT2D eigenvalue weighted by molar-refractivity contribution is 0.0938. The molecular formula is C19H20N6O3S. The lowest BCUT2D eigenvalue weighted by atomic mass is 10.0. The molecule has 2 aliphatic rings. The van der Waals surface area contributed by atoms with Crippen molar-refractivity contribution in [3.63, 3.8) is 0 Å². The van der Waals surface area contributed by atoms with Crippen molar-refractivity contribution >= 4 is 45.2 Å². The van der Waals surface area contributed by atoms with E-state index in [0.29, 0.717) is 35.8 Å². The number of ether oxygens (including phenoxy) is 1. The van der Waals surface area contributed by atoms with E-state index in [1.807, 2.05) is 18.2 Å². The lowest BCUT2D eigenvalue weighted by Crippen LogP contribution is -2.36. The summed E-state index contributed by atoms with van der Waals surface area (Å²) >= 11 is 1.47. The van der Waals surface area contributed by atoms with Gasteiger partial charge in [-0.15, -0.1) is 11.3 Å². The molecular weight excluding hydrogens is 392 g/mol. The Morgan fingerprint density at radius 2 is 2.00 bits per heavy atom. The molecule has 0 aromatic carbocycles. The van der Waals surface area contributed by atoms with Gasteiger partial charge in [0.1, 0.15) is 11.9 Å². The first-order chi connectivity index (χ1) is 14.2. The number of H-pyrrole nitrogens is 1. The fraction of sp³-hybridized carbons (Fsp3) is 0.368. The third-order valence-electron chi connectivity index (χ3n) is 5.29. The average molecular weight is 412 g/mol. The highest BCUT2D eigenvalue weighted by Gasteiger charge is 2.30. The minimum Gasteiger partial charge on any atom is -0.446 e. The summed E-state index contributed by atoms with van der Waals surface area (Å²) in [4.78, 5) is 29.2. The maximum Gasteiger partial charge on any atom is 0.407 e. The lowest BCUT2D eigenvalue weighted by Gasteiger charge is -2.13. The standard InChI is InChI=1S/C19H20N6O3S/c26-18-12-9-29-14-3-4-15(23-17(12)14)22-16-8-13(24-25-16)10-1-2-11(7-10)28-19(27)21-6-5-20-18/h3-4,8-11H,1-2,5-7H2,(H,20,26)(H,21,27)(H2,22,23,24,25)/t10-,11+/m0/s1. The van der Waals surface area contributed by atoms with Crippen molar-refractivity contribution in [3.05, 3.63) is 34.8 Å². The molecule has 0 radical (unpaired) electrons. The second kappa shape index (κ2) is 7.36. The summed E-state index contributed by atoms with van der Waals surface area (Å²) in [6, 6.07) is 5.78. The van der Waals surface area contributed by atoms with Crippen LogP contribution in [0.5, 0.6) is 0 Å². The monoisotopic (exact) mass is 412 g/mol. The highest BCUT2D eigenvalue weighted by atomic mass is 32.1. The zero-order valence-corrected chi connectivity index (χ0v) is 16.3. The summed E-state index contributed by atoms with van der Waals surface area (Å²) in [5.74, 6) is 1.34. The number of fused-ring (bicyclic) bond motifs is 6. The van der Waals surface area contributed by atoms with Crippen LogP contribution in [0.25, 0.3) is 10.2 Å². The van der Waals surface area contributed by atoms with Crippen LogP contribution in [0.15, 0.2) is 23.6 Å². The van der Waals surface area contributed by atoms with Crippen LogP contribution in [-0.4, -0.2) is 46.4 Å². The quantitative estimate of drug-likeness (QED) is 0.451. The van der Waals surface area contributed by atoms with Crippen LogP contribution < -0.4 is 16.0 Å². The minimum atomic E-state index is -0.453. The van der Waals surface area contributed by atoms with Crippen molar-refractivity contribution in [2.24, 2.45) is 0 Å². The molecule has 6 bridgehead atoms. The van der Waals surface area contributed by atoms with Crippen LogP contribution in [0, 0.1) is 0 Å². The molecule has 0 saturated heterocycles. The molecule has 10 heteroatoms. The fourth-order valence-electron chi connectivity index (χ4n) is 3.84. The van der Waals surface area contributed by atoms with Crippen molar-refractivity contribution in [2.75, 3.05) is 18.4 Å². The predicted octanol–water partition coefficient (Wildman–Crippen LogP) is 2.87. The normalized spacial score (nSPS) is 22.3. The molecule has 5 rings (SSSR count). The number of nitrogens with one attached hydrogen (secondary N) is 4. The van der Waals surface area contributed by atoms with Crippen LogP contribution in [0.2, 0.25) is 0 Å². The van der Waals surface area contributed by atoms with Gasteiger partial charge in [0.05, 0.1) is 15.8 Å². The molecule has 4 heterocycles. The van der Waals surface area contributed by atoms with Crippen molar-refractivity contribution < 1.29 is 14.3 Å². The Balaban J connectivity index is 1.46. The third kappa shape index (κ3) is 3.63. The Bertz CT molecular complexity index is 1080. The first-order valence-electron chi connectivity index (χ1n) is 9.59. The van der Waals surface area contributed by atoms with E-state index in [1.54, 1.807) is 5.38 Å². The van der Waals surface area contributed by atoms with E-state index in [-0.39, 0.29) is 17.9 Å². The van der Waals surface area contributed by atoms with Gasteiger partial charge in [0.2, 0.25) is 0 Å². The van der Waals surface area contributed by atoms with Crippen molar-refractivity contribution in [2.45, 2.75) is 31.3 Å². The Kier molecular flexibility index (Phi) is 4.55. The molecule has 1 aliphatic heterocycles. The minimum absolute atomic E-state index is 0.120. The highest BCUT2D eigenvalue weighted by molar-refractivity contribution is 7.17. The van der Waals surface area contributed by atoms with Crippen molar-refractivity contribution in [1.82, 2.24) is 25.8 Å². The molecule has 2 amide bonds. The molecule has 9 nitrogen and oxygen atoms in total. The van der Waals surface area contributed by atoms with Gasteiger partial charge in [0, 0.05) is 36.1 Å². The largest absolute Gasteiger partial charge is 0.446 e. The molecule has 1 fully saturated rings. The number of amides is 2. The molecule has 3 aromatic rings. The number of pyridine rings is 1. The van der Waals surface area contributed by atoms with Crippen molar-refractivity contribution in [1.29, 1.82) is 0 Å². The predicted molar refractivity (Wildman–Crippen MR) is 109 cm³/mol. The number of anilines is 2. The number of rotatable bonds is 0. The average Bonchev–Trinajstić information content (AvgIpc) is 3.43. The van der Waals surface area contributed by atoms with Gasteiger partial charge in [-0.2, -0.15) is 5.10 Å². The first kappa shape index (κ1) is 17.9. The molecule has 1 aliphatic carbocycles. The van der Waals surface area contributed by atoms with Gasteiger partial charge < -0.3 is 20.7 Å². The summed E-state index contributed by atoms with van der Waals surface area (Å²) in [6.45, 7) is 0.608. The number of thiophene rings is 1. The maximum atomic E-state index is 12.5. The smallest absolute Gasteiger partial charge is 0.407 e. The molecule has 3 aromatic heterocycles. The van der Waals surface area contributed by atoms with Crippen LogP contribution in [0.3, 0.4) is 0 Å². The number of hydrogen-bond acceptors (Lipinski definition) is 7. The van der Waals surface area contributed by atoms with E-state index < -0.39 is 6.09 Å². The Morgan fingerprint density at radius 3 is 2.93 bits per heavy atom. The fourth-order valence-corrected chi connectivity index (χ4v) is 4.72. The van der Waals surface area contributed by atoms with Gasteiger partial charge >= 0.3 is 6.09 Å². The summed E-state index contributed by atoms with van der Waals surface area (Å²) in [5, 5.41) is 17.9. The second-order valence-corrected chi connectivity index (χ2v) is 8.16. The van der Waals surface area contributed by atoms with Gasteiger partial charge in [-0.25, -0.2) is 9.78 Å². The van der Waals surface area contributed by atoms with E-state index in [1.165, 1.54) is 11.3 Å². The molecule has 4 N–H and O–H groups in total. The summed E-state index contributed by atoms with van der Waals surface area (Å²) in [5.41, 5.74) is 2.16. The zero-order chi connectivity index (χ0) is 19.8. The van der Waals surface area contributed by atoms with Gasteiger partial charge in [0.25, 0.3) is 5.91 Å². The van der Waals surface area contributed by atoms with Crippen LogP contribution in [0.1, 0.15) is 41.2 Å². The number of alkyl carbamates (subject to hydrolysis) is 1. The second-order valence-electron chi connectivity index (χ2n) is 7.25. The number of aromatic nitrogens is 3. The number of carbonyl (C=O) groups is 2. The van der Waals surface area contributed by atoms with Gasteiger partial charge in [-0.05, 0) is 31.4 Å². The Hall–Kier alpha value is -3.14. The Labute approximate surface area is 170 Å². The topological polar surface area (TPSA) is 121 Å². The molecule has 0 unspecified atom stereocenters. The van der Waals surface area contributed by atoms with Gasteiger partial charge in [-0.1, -0.05) is 0 Å². The molecule has 2 atom stereocenters. The summed E-state index contributed by atoms with van der Waals surface area (Å²) in [7, 11) is 0. The Morgan fingerprint density at radius 1 is 1.10 bits per heavy atom. The van der Waals surface area contributed by atoms with E-state index in [0.717, 1.165) is 29.7 Å². The third-order valence-corrected chi connectivity index (χ3v) is 6.23. The zero-order valence-electron chi connectivity index (χ0n) is 15.5. The molecule has 29 heavy (non-hydrogen) atoms. The highest BCUT2D eigenvalue weighted by Crippen LogP contribution is 2.36. The molecule has 1 saturated carbocycles. The number of aromatic amines is 1. The SMILES string of the molecule is O=C1NCCNC(=O)c2csc3ccc(nc23)Nc2cc([nH]n2)[C@H]2CC[C@H](C2)O1. The van der Waals surface area contributed by atoms with Gasteiger partial charge in [-0.3, -0.25) is 9.89 Å². The van der Waals surface area contributed by atoms with Gasteiger partial charge in [0.15, 0.2) is 5.82 Å². The number of hydrogen-bond donors (Lipinski definition) is 4. The van der Waals surface area contributed by atoms with Crippen LogP contribution in [-0.2, 0) is 4.74 Å². The van der Waals surface area contributed by atoms with E-state index in [9.17, 15) is 9.59 Å². The number of nitrogens with zero attached hydrogens (tertiary/aromatic N) is 2. The maximum absolute atomic E-state index is 12.5. The van der Waals surface area contributed by atoms with E-state index in [2.05, 4.69) is 31.1 Å². The molecule has 0 spiro atoms.